The maximum atomic E-state index is 12.7. The number of ether oxygens (including phenoxy) is 4. The number of carbonyl (C=O) groups is 2. The van der Waals surface area contributed by atoms with Gasteiger partial charge in [-0.3, -0.25) is 9.78 Å². The van der Waals surface area contributed by atoms with E-state index in [0.717, 1.165) is 0 Å². The van der Waals surface area contributed by atoms with Gasteiger partial charge in [0.2, 0.25) is 5.75 Å². The number of hydrogen-bond donors (Lipinski definition) is 1. The van der Waals surface area contributed by atoms with Gasteiger partial charge in [0.15, 0.2) is 11.5 Å². The van der Waals surface area contributed by atoms with Crippen LogP contribution in [-0.4, -0.2) is 44.4 Å². The van der Waals surface area contributed by atoms with E-state index in [0.29, 0.717) is 34.1 Å². The molecule has 164 valence electrons. The fraction of sp³-hybridized carbons (Fsp3) is 0.130. The second-order valence-corrected chi connectivity index (χ2v) is 6.31. The van der Waals surface area contributed by atoms with Crippen LogP contribution in [0.1, 0.15) is 26.3 Å². The van der Waals surface area contributed by atoms with Crippen molar-refractivity contribution < 1.29 is 28.5 Å². The van der Waals surface area contributed by atoms with Crippen molar-refractivity contribution in [2.75, 3.05) is 21.3 Å². The Kier molecular flexibility index (Phi) is 7.37. The summed E-state index contributed by atoms with van der Waals surface area (Å²) in [5, 5.41) is 3.93. The molecule has 1 N–H and O–H groups in total. The minimum absolute atomic E-state index is 0.225. The van der Waals surface area contributed by atoms with E-state index >= 15 is 0 Å². The van der Waals surface area contributed by atoms with Gasteiger partial charge in [-0.2, -0.15) is 5.10 Å². The summed E-state index contributed by atoms with van der Waals surface area (Å²) < 4.78 is 21.3. The number of aromatic nitrogens is 1. The third-order valence-electron chi connectivity index (χ3n) is 4.29. The fourth-order valence-corrected chi connectivity index (χ4v) is 2.76. The largest absolute Gasteiger partial charge is 0.493 e. The van der Waals surface area contributed by atoms with E-state index in [1.807, 2.05) is 0 Å². The summed E-state index contributed by atoms with van der Waals surface area (Å²) in [6, 6.07) is 12.8. The second kappa shape index (κ2) is 10.6. The zero-order valence-corrected chi connectivity index (χ0v) is 17.7. The summed E-state index contributed by atoms with van der Waals surface area (Å²) in [5.74, 6) is 0.374. The van der Waals surface area contributed by atoms with Crippen LogP contribution in [0.15, 0.2) is 66.0 Å². The van der Waals surface area contributed by atoms with Crippen LogP contribution in [0.4, 0.5) is 0 Å². The van der Waals surface area contributed by atoms with Crippen molar-refractivity contribution in [1.82, 2.24) is 10.4 Å². The molecule has 0 bridgehead atoms. The second-order valence-electron chi connectivity index (χ2n) is 6.31. The minimum atomic E-state index is -0.607. The number of nitrogens with zero attached hydrogens (tertiary/aromatic N) is 2. The third-order valence-corrected chi connectivity index (χ3v) is 4.29. The number of methoxy groups -OCH3 is 3. The summed E-state index contributed by atoms with van der Waals surface area (Å²) in [6.07, 6.45) is 4.48. The van der Waals surface area contributed by atoms with Crippen LogP contribution >= 0.6 is 0 Å². The number of carbonyl (C=O) groups excluding carboxylic acids is 2. The van der Waals surface area contributed by atoms with Gasteiger partial charge >= 0.3 is 5.97 Å². The fourth-order valence-electron chi connectivity index (χ4n) is 2.76. The van der Waals surface area contributed by atoms with Crippen LogP contribution in [-0.2, 0) is 0 Å². The van der Waals surface area contributed by atoms with E-state index < -0.39 is 5.97 Å². The van der Waals surface area contributed by atoms with Crippen molar-refractivity contribution in [3.63, 3.8) is 0 Å². The Labute approximate surface area is 184 Å². The molecule has 0 saturated heterocycles. The van der Waals surface area contributed by atoms with Crippen molar-refractivity contribution in [3.05, 3.63) is 77.6 Å². The van der Waals surface area contributed by atoms with Crippen molar-refractivity contribution in [2.45, 2.75) is 0 Å². The summed E-state index contributed by atoms with van der Waals surface area (Å²) in [6.45, 7) is 0. The molecule has 0 aliphatic carbocycles. The Morgan fingerprint density at radius 1 is 0.906 bits per heavy atom. The van der Waals surface area contributed by atoms with E-state index in [4.69, 9.17) is 18.9 Å². The van der Waals surface area contributed by atoms with Gasteiger partial charge in [-0.1, -0.05) is 12.1 Å². The Morgan fingerprint density at radius 2 is 1.59 bits per heavy atom. The first-order valence-corrected chi connectivity index (χ1v) is 9.41. The molecule has 2 aromatic carbocycles. The Morgan fingerprint density at radius 3 is 2.22 bits per heavy atom. The van der Waals surface area contributed by atoms with E-state index in [2.05, 4.69) is 15.5 Å². The van der Waals surface area contributed by atoms with Gasteiger partial charge in [0.1, 0.15) is 5.75 Å². The molecule has 0 fully saturated rings. The molecule has 0 aliphatic rings. The van der Waals surface area contributed by atoms with Crippen LogP contribution < -0.4 is 24.4 Å². The van der Waals surface area contributed by atoms with Crippen LogP contribution in [0.2, 0.25) is 0 Å². The molecule has 0 spiro atoms. The molecule has 9 heteroatoms. The zero-order valence-electron chi connectivity index (χ0n) is 17.7. The molecule has 32 heavy (non-hydrogen) atoms. The van der Waals surface area contributed by atoms with E-state index in [-0.39, 0.29) is 11.5 Å². The predicted octanol–water partition coefficient (Wildman–Crippen LogP) is 3.09. The van der Waals surface area contributed by atoms with Gasteiger partial charge < -0.3 is 18.9 Å². The average Bonchev–Trinajstić information content (AvgIpc) is 2.83. The van der Waals surface area contributed by atoms with Crippen LogP contribution in [0, 0.1) is 0 Å². The molecule has 0 radical (unpaired) electrons. The van der Waals surface area contributed by atoms with Gasteiger partial charge in [0.25, 0.3) is 5.91 Å². The van der Waals surface area contributed by atoms with Crippen LogP contribution in [0.5, 0.6) is 23.0 Å². The number of benzene rings is 2. The Bertz CT molecular complexity index is 1110. The molecule has 1 amide bonds. The van der Waals surface area contributed by atoms with Crippen LogP contribution in [0.3, 0.4) is 0 Å². The minimum Gasteiger partial charge on any atom is -0.493 e. The molecule has 0 unspecified atom stereocenters. The first-order valence-electron chi connectivity index (χ1n) is 9.41. The normalized spacial score (nSPS) is 10.5. The highest BCUT2D eigenvalue weighted by molar-refractivity contribution is 5.95. The predicted molar refractivity (Wildman–Crippen MR) is 117 cm³/mol. The van der Waals surface area contributed by atoms with Crippen LogP contribution in [0.25, 0.3) is 0 Å². The summed E-state index contributed by atoms with van der Waals surface area (Å²) in [5.41, 5.74) is 3.71. The highest BCUT2D eigenvalue weighted by atomic mass is 16.5. The number of hydrogen-bond acceptors (Lipinski definition) is 8. The number of pyridine rings is 1. The van der Waals surface area contributed by atoms with E-state index in [9.17, 15) is 9.59 Å². The summed E-state index contributed by atoms with van der Waals surface area (Å²) >= 11 is 0. The highest BCUT2D eigenvalue weighted by Gasteiger charge is 2.18. The van der Waals surface area contributed by atoms with Gasteiger partial charge in [-0.15, -0.1) is 0 Å². The van der Waals surface area contributed by atoms with Crippen molar-refractivity contribution in [3.8, 4) is 23.0 Å². The molecular weight excluding hydrogens is 414 g/mol. The average molecular weight is 435 g/mol. The Hall–Kier alpha value is -4.40. The van der Waals surface area contributed by atoms with E-state index in [1.54, 1.807) is 36.4 Å². The molecule has 9 nitrogen and oxygen atoms in total. The van der Waals surface area contributed by atoms with Gasteiger partial charge in [-0.05, 0) is 42.0 Å². The molecule has 0 saturated carbocycles. The molecule has 0 atom stereocenters. The lowest BCUT2D eigenvalue weighted by Crippen LogP contribution is -2.17. The molecule has 1 heterocycles. The third kappa shape index (κ3) is 5.39. The molecule has 0 aliphatic heterocycles. The lowest BCUT2D eigenvalue weighted by molar-refractivity contribution is 0.0733. The van der Waals surface area contributed by atoms with Gasteiger partial charge in [-0.25, -0.2) is 10.2 Å². The standard InChI is InChI=1S/C23H21N3O6/c1-29-19-12-17(13-20(30-2)21(19)31-3)23(28)32-18-6-4-5-15(11-18)14-25-26-22(27)16-7-9-24-10-8-16/h4-14H,1-3H3,(H,26,27)/b25-14+. The first-order chi connectivity index (χ1) is 15.5. The van der Waals surface area contributed by atoms with E-state index in [1.165, 1.54) is 52.1 Å². The highest BCUT2D eigenvalue weighted by Crippen LogP contribution is 2.38. The first kappa shape index (κ1) is 22.3. The number of nitrogens with one attached hydrogen (secondary N) is 1. The lowest BCUT2D eigenvalue weighted by atomic mass is 10.1. The number of amides is 1. The zero-order chi connectivity index (χ0) is 22.9. The van der Waals surface area contributed by atoms with Crippen molar-refractivity contribution in [1.29, 1.82) is 0 Å². The van der Waals surface area contributed by atoms with Gasteiger partial charge in [0.05, 0.1) is 33.1 Å². The molecule has 3 aromatic rings. The monoisotopic (exact) mass is 435 g/mol. The summed E-state index contributed by atoms with van der Waals surface area (Å²) in [4.78, 5) is 28.5. The Balaban J connectivity index is 1.70. The molecule has 1 aromatic heterocycles. The smallest absolute Gasteiger partial charge is 0.343 e. The number of esters is 1. The topological polar surface area (TPSA) is 108 Å². The molecular formula is C23H21N3O6. The SMILES string of the molecule is COc1cc(C(=O)Oc2cccc(/C=N/NC(=O)c3ccncc3)c2)cc(OC)c1OC. The lowest BCUT2D eigenvalue weighted by Gasteiger charge is -2.13. The number of rotatable bonds is 8. The number of hydrazone groups is 1. The summed E-state index contributed by atoms with van der Waals surface area (Å²) in [7, 11) is 4.40. The van der Waals surface area contributed by atoms with Crippen molar-refractivity contribution >= 4 is 18.1 Å². The maximum Gasteiger partial charge on any atom is 0.343 e. The maximum absolute atomic E-state index is 12.7. The van der Waals surface area contributed by atoms with Crippen molar-refractivity contribution in [2.24, 2.45) is 5.10 Å². The molecule has 3 rings (SSSR count). The van der Waals surface area contributed by atoms with Gasteiger partial charge in [0, 0.05) is 18.0 Å². The quantitative estimate of drug-likeness (QED) is 0.251.